The number of carbonyl (C=O) groups is 1. The van der Waals surface area contributed by atoms with Crippen LogP contribution in [0.25, 0.3) is 0 Å². The van der Waals surface area contributed by atoms with Crippen LogP contribution in [0.1, 0.15) is 38.5 Å². The van der Waals surface area contributed by atoms with E-state index in [9.17, 15) is 4.79 Å². The molecule has 0 aliphatic carbocycles. The Labute approximate surface area is 109 Å². The van der Waals surface area contributed by atoms with Crippen molar-refractivity contribution in [1.82, 2.24) is 15.5 Å². The lowest BCUT2D eigenvalue weighted by molar-refractivity contribution is -0.132. The first-order chi connectivity index (χ1) is 8.81. The van der Waals surface area contributed by atoms with Crippen LogP contribution in [0.4, 0.5) is 0 Å². The van der Waals surface area contributed by atoms with Gasteiger partial charge in [-0.3, -0.25) is 4.79 Å². The van der Waals surface area contributed by atoms with Gasteiger partial charge in [0.05, 0.1) is 0 Å². The molecule has 3 saturated heterocycles. The van der Waals surface area contributed by atoms with E-state index in [4.69, 9.17) is 0 Å². The number of carbonyl (C=O) groups excluding carboxylic acids is 1. The summed E-state index contributed by atoms with van der Waals surface area (Å²) in [5, 5.41) is 7.00. The van der Waals surface area contributed by atoms with E-state index >= 15 is 0 Å². The van der Waals surface area contributed by atoms with Gasteiger partial charge >= 0.3 is 0 Å². The molecule has 4 nitrogen and oxygen atoms in total. The molecule has 2 bridgehead atoms. The van der Waals surface area contributed by atoms with Crippen molar-refractivity contribution in [2.24, 2.45) is 5.92 Å². The molecule has 3 aliphatic heterocycles. The SMILES string of the molecule is O=C(CC1CC2CCC(C1)N2)N1CCCNCC1. The lowest BCUT2D eigenvalue weighted by atomic mass is 9.89. The maximum atomic E-state index is 12.3. The van der Waals surface area contributed by atoms with Crippen molar-refractivity contribution in [3.8, 4) is 0 Å². The molecule has 3 aliphatic rings. The smallest absolute Gasteiger partial charge is 0.222 e. The van der Waals surface area contributed by atoms with Crippen LogP contribution in [0.3, 0.4) is 0 Å². The van der Waals surface area contributed by atoms with Crippen molar-refractivity contribution in [3.63, 3.8) is 0 Å². The van der Waals surface area contributed by atoms with Gasteiger partial charge in [-0.2, -0.15) is 0 Å². The minimum Gasteiger partial charge on any atom is -0.341 e. The summed E-state index contributed by atoms with van der Waals surface area (Å²) in [5.74, 6) is 1.03. The van der Waals surface area contributed by atoms with Crippen LogP contribution >= 0.6 is 0 Å². The molecule has 3 heterocycles. The number of nitrogens with zero attached hydrogens (tertiary/aromatic N) is 1. The molecular weight excluding hydrogens is 226 g/mol. The second kappa shape index (κ2) is 5.57. The maximum absolute atomic E-state index is 12.3. The minimum atomic E-state index is 0.394. The number of amides is 1. The second-order valence-electron chi connectivity index (χ2n) is 6.16. The van der Waals surface area contributed by atoms with Gasteiger partial charge in [0.25, 0.3) is 0 Å². The standard InChI is InChI=1S/C14H25N3O/c18-14(17-6-1-4-15-5-7-17)10-11-8-12-2-3-13(9-11)16-12/h11-13,15-16H,1-10H2. The molecular formula is C14H25N3O. The molecule has 3 rings (SSSR count). The van der Waals surface area contributed by atoms with E-state index in [2.05, 4.69) is 15.5 Å². The van der Waals surface area contributed by atoms with E-state index in [1.54, 1.807) is 0 Å². The molecule has 3 fully saturated rings. The van der Waals surface area contributed by atoms with Crippen LogP contribution in [-0.2, 0) is 4.79 Å². The van der Waals surface area contributed by atoms with Gasteiger partial charge in [-0.25, -0.2) is 0 Å². The highest BCUT2D eigenvalue weighted by Gasteiger charge is 2.34. The zero-order valence-electron chi connectivity index (χ0n) is 11.2. The topological polar surface area (TPSA) is 44.4 Å². The summed E-state index contributed by atoms with van der Waals surface area (Å²) < 4.78 is 0. The van der Waals surface area contributed by atoms with Crippen molar-refractivity contribution < 1.29 is 4.79 Å². The Kier molecular flexibility index (Phi) is 3.85. The van der Waals surface area contributed by atoms with E-state index in [0.29, 0.717) is 23.9 Å². The van der Waals surface area contributed by atoms with Crippen LogP contribution in [0, 0.1) is 5.92 Å². The first-order valence-electron chi connectivity index (χ1n) is 7.56. The fraction of sp³-hybridized carbons (Fsp3) is 0.929. The second-order valence-corrected chi connectivity index (χ2v) is 6.16. The van der Waals surface area contributed by atoms with Gasteiger partial charge in [-0.05, 0) is 44.6 Å². The van der Waals surface area contributed by atoms with Gasteiger partial charge in [0, 0.05) is 38.1 Å². The van der Waals surface area contributed by atoms with E-state index < -0.39 is 0 Å². The highest BCUT2D eigenvalue weighted by molar-refractivity contribution is 5.76. The van der Waals surface area contributed by atoms with Gasteiger partial charge in [0.15, 0.2) is 0 Å². The molecule has 2 unspecified atom stereocenters. The van der Waals surface area contributed by atoms with E-state index in [-0.39, 0.29) is 0 Å². The Balaban J connectivity index is 1.50. The molecule has 1 amide bonds. The number of piperidine rings is 1. The van der Waals surface area contributed by atoms with Crippen LogP contribution in [0.2, 0.25) is 0 Å². The molecule has 2 N–H and O–H groups in total. The summed E-state index contributed by atoms with van der Waals surface area (Å²) in [5.41, 5.74) is 0. The number of hydrogen-bond acceptors (Lipinski definition) is 3. The van der Waals surface area contributed by atoms with Gasteiger partial charge in [-0.15, -0.1) is 0 Å². The number of nitrogens with one attached hydrogen (secondary N) is 2. The molecule has 0 aromatic heterocycles. The van der Waals surface area contributed by atoms with Crippen molar-refractivity contribution in [3.05, 3.63) is 0 Å². The van der Waals surface area contributed by atoms with Gasteiger partial charge in [-0.1, -0.05) is 0 Å². The molecule has 0 spiro atoms. The largest absolute Gasteiger partial charge is 0.341 e. The van der Waals surface area contributed by atoms with Crippen molar-refractivity contribution >= 4 is 5.91 Å². The van der Waals surface area contributed by atoms with Gasteiger partial charge < -0.3 is 15.5 Å². The number of hydrogen-bond donors (Lipinski definition) is 2. The van der Waals surface area contributed by atoms with Crippen molar-refractivity contribution in [2.45, 2.75) is 50.6 Å². The molecule has 0 radical (unpaired) electrons. The molecule has 18 heavy (non-hydrogen) atoms. The highest BCUT2D eigenvalue weighted by Crippen LogP contribution is 2.32. The summed E-state index contributed by atoms with van der Waals surface area (Å²) in [7, 11) is 0. The predicted molar refractivity (Wildman–Crippen MR) is 71.4 cm³/mol. The Morgan fingerprint density at radius 1 is 1.11 bits per heavy atom. The molecule has 0 aromatic rings. The summed E-state index contributed by atoms with van der Waals surface area (Å²) in [4.78, 5) is 14.4. The lowest BCUT2D eigenvalue weighted by Crippen LogP contribution is -2.41. The van der Waals surface area contributed by atoms with Gasteiger partial charge in [0.2, 0.25) is 5.91 Å². The summed E-state index contributed by atoms with van der Waals surface area (Å²) >= 11 is 0. The Bertz CT molecular complexity index is 287. The molecule has 102 valence electrons. The third-order valence-electron chi connectivity index (χ3n) is 4.73. The van der Waals surface area contributed by atoms with Crippen molar-refractivity contribution in [1.29, 1.82) is 0 Å². The van der Waals surface area contributed by atoms with Crippen LogP contribution in [0.5, 0.6) is 0 Å². The van der Waals surface area contributed by atoms with Crippen LogP contribution in [0.15, 0.2) is 0 Å². The highest BCUT2D eigenvalue weighted by atomic mass is 16.2. The zero-order valence-corrected chi connectivity index (χ0v) is 11.2. The van der Waals surface area contributed by atoms with Crippen LogP contribution < -0.4 is 10.6 Å². The third-order valence-corrected chi connectivity index (χ3v) is 4.73. The monoisotopic (exact) mass is 251 g/mol. The molecule has 4 heteroatoms. The lowest BCUT2D eigenvalue weighted by Gasteiger charge is -2.30. The first kappa shape index (κ1) is 12.4. The van der Waals surface area contributed by atoms with Crippen molar-refractivity contribution in [2.75, 3.05) is 26.2 Å². The molecule has 0 saturated carbocycles. The third kappa shape index (κ3) is 2.86. The predicted octanol–water partition coefficient (Wildman–Crippen LogP) is 0.729. The molecule has 2 atom stereocenters. The minimum absolute atomic E-state index is 0.394. The van der Waals surface area contributed by atoms with Crippen LogP contribution in [-0.4, -0.2) is 49.1 Å². The number of rotatable bonds is 2. The van der Waals surface area contributed by atoms with Gasteiger partial charge in [0.1, 0.15) is 0 Å². The quantitative estimate of drug-likeness (QED) is 0.760. The normalized spacial score (nSPS) is 36.4. The first-order valence-corrected chi connectivity index (χ1v) is 7.56. The Morgan fingerprint density at radius 2 is 1.89 bits per heavy atom. The van der Waals surface area contributed by atoms with E-state index in [0.717, 1.165) is 39.0 Å². The molecule has 0 aromatic carbocycles. The van der Waals surface area contributed by atoms with E-state index in [1.807, 2.05) is 0 Å². The fourth-order valence-electron chi connectivity index (χ4n) is 3.81. The Morgan fingerprint density at radius 3 is 2.67 bits per heavy atom. The zero-order chi connectivity index (χ0) is 12.4. The van der Waals surface area contributed by atoms with E-state index in [1.165, 1.54) is 25.7 Å². The Hall–Kier alpha value is -0.610. The number of fused-ring (bicyclic) bond motifs is 2. The summed E-state index contributed by atoms with van der Waals surface area (Å²) in [6.07, 6.45) is 6.96. The fourth-order valence-corrected chi connectivity index (χ4v) is 3.81. The maximum Gasteiger partial charge on any atom is 0.222 e. The summed E-state index contributed by atoms with van der Waals surface area (Å²) in [6.45, 7) is 3.87. The average molecular weight is 251 g/mol. The summed E-state index contributed by atoms with van der Waals surface area (Å²) in [6, 6.07) is 1.40. The average Bonchev–Trinajstić information content (AvgIpc) is 2.59.